The van der Waals surface area contributed by atoms with E-state index in [0.717, 1.165) is 50.8 Å². The SMILES string of the molecule is Cn1cncc1[C@@](N)(c1ccc(Cl)cc1)c1cc2c3c(c1)c(-c1cccc(Cl)c1)cc(=O)n3CC2. The van der Waals surface area contributed by atoms with Crippen molar-refractivity contribution in [3.63, 3.8) is 0 Å². The average molecular weight is 501 g/mol. The van der Waals surface area contributed by atoms with Crippen LogP contribution in [0.2, 0.25) is 10.0 Å². The Morgan fingerprint density at radius 2 is 1.77 bits per heavy atom. The Hall–Kier alpha value is -3.38. The third-order valence-corrected chi connectivity index (χ3v) is 7.49. The van der Waals surface area contributed by atoms with Crippen LogP contribution in [0, 0.1) is 0 Å². The number of pyridine rings is 1. The second-order valence-electron chi connectivity index (χ2n) is 9.04. The molecule has 0 aliphatic carbocycles. The van der Waals surface area contributed by atoms with Crippen molar-refractivity contribution in [3.05, 3.63) is 122 Å². The van der Waals surface area contributed by atoms with Crippen LogP contribution in [0.5, 0.6) is 0 Å². The fraction of sp³-hybridized carbons (Fsp3) is 0.143. The van der Waals surface area contributed by atoms with Crippen molar-refractivity contribution in [2.24, 2.45) is 12.8 Å². The van der Waals surface area contributed by atoms with Crippen molar-refractivity contribution in [3.8, 4) is 11.1 Å². The molecule has 1 aliphatic heterocycles. The van der Waals surface area contributed by atoms with E-state index in [-0.39, 0.29) is 5.56 Å². The van der Waals surface area contributed by atoms with Crippen LogP contribution >= 0.6 is 23.2 Å². The Bertz CT molecular complexity index is 1670. The normalized spacial score (nSPS) is 14.4. The van der Waals surface area contributed by atoms with E-state index in [1.54, 1.807) is 18.6 Å². The van der Waals surface area contributed by atoms with Gasteiger partial charge in [0.2, 0.25) is 0 Å². The molecule has 0 amide bonds. The Kier molecular flexibility index (Phi) is 5.11. The first-order valence-corrected chi connectivity index (χ1v) is 12.1. The second-order valence-corrected chi connectivity index (χ2v) is 9.92. The number of nitrogens with two attached hydrogens (primary N) is 1. The topological polar surface area (TPSA) is 65.8 Å². The Morgan fingerprint density at radius 1 is 0.971 bits per heavy atom. The van der Waals surface area contributed by atoms with E-state index in [9.17, 15) is 4.79 Å². The van der Waals surface area contributed by atoms with Gasteiger partial charge in [-0.1, -0.05) is 53.5 Å². The standard InChI is InChI=1S/C28H22Cl2N4O/c1-33-16-32-15-25(33)28(31,19-5-7-21(29)8-6-19)20-11-18-9-10-34-26(35)14-23(24(13-20)27(18)34)17-3-2-4-22(30)12-17/h2-8,11-16H,9-10,31H2,1H3/t28-/m1/s1. The van der Waals surface area contributed by atoms with Crippen LogP contribution in [-0.2, 0) is 25.6 Å². The summed E-state index contributed by atoms with van der Waals surface area (Å²) in [6, 6.07) is 21.2. The number of benzene rings is 3. The number of aryl methyl sites for hydroxylation is 3. The molecule has 1 aliphatic rings. The van der Waals surface area contributed by atoms with Gasteiger partial charge < -0.3 is 14.9 Å². The summed E-state index contributed by atoms with van der Waals surface area (Å²) >= 11 is 12.5. The number of aromatic nitrogens is 3. The summed E-state index contributed by atoms with van der Waals surface area (Å²) in [7, 11) is 1.94. The Labute approximate surface area is 212 Å². The molecular formula is C28H22Cl2N4O. The summed E-state index contributed by atoms with van der Waals surface area (Å²) in [5, 5.41) is 2.24. The van der Waals surface area contributed by atoms with Crippen molar-refractivity contribution < 1.29 is 0 Å². The Morgan fingerprint density at radius 3 is 2.49 bits per heavy atom. The minimum absolute atomic E-state index is 0.0117. The first kappa shape index (κ1) is 22.1. The van der Waals surface area contributed by atoms with Gasteiger partial charge >= 0.3 is 0 Å². The lowest BCUT2D eigenvalue weighted by Crippen LogP contribution is -2.41. The van der Waals surface area contributed by atoms with Crippen LogP contribution in [0.3, 0.4) is 0 Å². The molecular weight excluding hydrogens is 479 g/mol. The number of hydrogen-bond acceptors (Lipinski definition) is 3. The van der Waals surface area contributed by atoms with Crippen molar-refractivity contribution in [2.45, 2.75) is 18.5 Å². The first-order chi connectivity index (χ1) is 16.9. The first-order valence-electron chi connectivity index (χ1n) is 11.3. The van der Waals surface area contributed by atoms with Crippen LogP contribution in [0.1, 0.15) is 22.4 Å². The zero-order valence-electron chi connectivity index (χ0n) is 19.0. The summed E-state index contributed by atoms with van der Waals surface area (Å²) in [4.78, 5) is 17.4. The molecule has 7 heteroatoms. The average Bonchev–Trinajstić information content (AvgIpc) is 3.48. The largest absolute Gasteiger partial charge is 0.336 e. The van der Waals surface area contributed by atoms with Crippen LogP contribution in [0.4, 0.5) is 0 Å². The Balaban J connectivity index is 1.70. The molecule has 3 aromatic carbocycles. The smallest absolute Gasteiger partial charge is 0.251 e. The molecule has 0 unspecified atom stereocenters. The summed E-state index contributed by atoms with van der Waals surface area (Å²) in [5.41, 5.74) is 12.8. The molecule has 174 valence electrons. The van der Waals surface area contributed by atoms with E-state index in [1.807, 2.05) is 64.7 Å². The number of halogens is 2. The maximum atomic E-state index is 13.0. The molecule has 5 nitrogen and oxygen atoms in total. The van der Waals surface area contributed by atoms with E-state index in [1.165, 1.54) is 0 Å². The van der Waals surface area contributed by atoms with Crippen LogP contribution in [0.15, 0.2) is 84.0 Å². The van der Waals surface area contributed by atoms with Crippen molar-refractivity contribution in [1.29, 1.82) is 0 Å². The summed E-state index contributed by atoms with van der Waals surface area (Å²) in [6.45, 7) is 0.647. The zero-order valence-corrected chi connectivity index (χ0v) is 20.5. The van der Waals surface area contributed by atoms with Gasteiger partial charge in [0.25, 0.3) is 5.56 Å². The zero-order chi connectivity index (χ0) is 24.3. The van der Waals surface area contributed by atoms with Crippen LogP contribution < -0.4 is 11.3 Å². The maximum absolute atomic E-state index is 13.0. The molecule has 3 heterocycles. The van der Waals surface area contributed by atoms with E-state index in [4.69, 9.17) is 28.9 Å². The van der Waals surface area contributed by atoms with Gasteiger partial charge in [0, 0.05) is 35.1 Å². The predicted octanol–water partition coefficient (Wildman–Crippen LogP) is 5.52. The molecule has 0 saturated carbocycles. The summed E-state index contributed by atoms with van der Waals surface area (Å²) in [6.07, 6.45) is 4.32. The highest BCUT2D eigenvalue weighted by Gasteiger charge is 2.36. The van der Waals surface area contributed by atoms with Gasteiger partial charge in [-0.05, 0) is 64.6 Å². The number of hydrogen-bond donors (Lipinski definition) is 1. The minimum Gasteiger partial charge on any atom is -0.336 e. The predicted molar refractivity (Wildman–Crippen MR) is 141 cm³/mol. The van der Waals surface area contributed by atoms with Crippen molar-refractivity contribution in [1.82, 2.24) is 14.1 Å². The molecule has 0 saturated heterocycles. The molecule has 2 aromatic heterocycles. The number of nitrogens with zero attached hydrogens (tertiary/aromatic N) is 3. The fourth-order valence-electron chi connectivity index (χ4n) is 5.29. The molecule has 0 spiro atoms. The van der Waals surface area contributed by atoms with Gasteiger partial charge in [-0.2, -0.15) is 0 Å². The van der Waals surface area contributed by atoms with Gasteiger partial charge in [0.05, 0.1) is 23.7 Å². The van der Waals surface area contributed by atoms with E-state index in [0.29, 0.717) is 16.6 Å². The highest BCUT2D eigenvalue weighted by molar-refractivity contribution is 6.31. The summed E-state index contributed by atoms with van der Waals surface area (Å²) in [5.74, 6) is 0. The molecule has 35 heavy (non-hydrogen) atoms. The number of rotatable bonds is 4. The molecule has 0 fully saturated rings. The molecule has 2 N–H and O–H groups in total. The highest BCUT2D eigenvalue weighted by Crippen LogP contribution is 2.40. The van der Waals surface area contributed by atoms with Crippen molar-refractivity contribution >= 4 is 34.1 Å². The van der Waals surface area contributed by atoms with E-state index in [2.05, 4.69) is 17.1 Å². The molecule has 0 bridgehead atoms. The molecule has 5 aromatic rings. The van der Waals surface area contributed by atoms with Crippen LogP contribution in [0.25, 0.3) is 22.0 Å². The second kappa shape index (κ2) is 8.09. The van der Waals surface area contributed by atoms with Gasteiger partial charge in [-0.25, -0.2) is 4.98 Å². The highest BCUT2D eigenvalue weighted by atomic mass is 35.5. The molecule has 1 atom stereocenters. The third-order valence-electron chi connectivity index (χ3n) is 7.00. The summed E-state index contributed by atoms with van der Waals surface area (Å²) < 4.78 is 3.80. The maximum Gasteiger partial charge on any atom is 0.251 e. The molecule has 0 radical (unpaired) electrons. The molecule has 6 rings (SSSR count). The number of imidazole rings is 1. The fourth-order valence-corrected chi connectivity index (χ4v) is 5.60. The van der Waals surface area contributed by atoms with Gasteiger partial charge in [-0.3, -0.25) is 4.79 Å². The van der Waals surface area contributed by atoms with E-state index >= 15 is 0 Å². The van der Waals surface area contributed by atoms with Gasteiger partial charge in [0.15, 0.2) is 0 Å². The van der Waals surface area contributed by atoms with Crippen molar-refractivity contribution in [2.75, 3.05) is 0 Å². The minimum atomic E-state index is -0.990. The quantitative estimate of drug-likeness (QED) is 0.353. The van der Waals surface area contributed by atoms with Gasteiger partial charge in [-0.15, -0.1) is 0 Å². The lowest BCUT2D eigenvalue weighted by molar-refractivity contribution is 0.596. The monoisotopic (exact) mass is 500 g/mol. The third kappa shape index (κ3) is 3.42. The van der Waals surface area contributed by atoms with E-state index < -0.39 is 5.54 Å². The van der Waals surface area contributed by atoms with Crippen LogP contribution in [-0.4, -0.2) is 14.1 Å². The lowest BCUT2D eigenvalue weighted by Gasteiger charge is -2.32. The van der Waals surface area contributed by atoms with Gasteiger partial charge in [0.1, 0.15) is 5.54 Å². The lowest BCUT2D eigenvalue weighted by atomic mass is 9.79.